The number of esters is 1. The van der Waals surface area contributed by atoms with E-state index in [1.807, 2.05) is 0 Å². The zero-order valence-corrected chi connectivity index (χ0v) is 20.6. The number of nitrogens with zero attached hydrogens (tertiary/aromatic N) is 2. The molecule has 8 nitrogen and oxygen atoms in total. The first-order chi connectivity index (χ1) is 17.7. The van der Waals surface area contributed by atoms with Gasteiger partial charge in [-0.15, -0.1) is 0 Å². The highest BCUT2D eigenvalue weighted by molar-refractivity contribution is 6.35. The van der Waals surface area contributed by atoms with Crippen LogP contribution in [0.1, 0.15) is 40.4 Å². The lowest BCUT2D eigenvalue weighted by Crippen LogP contribution is -2.15. The van der Waals surface area contributed by atoms with Crippen molar-refractivity contribution in [1.29, 1.82) is 0 Å². The standard InChI is InChI=1S/C25H20Cl2F2N2O6/c26-19-11-30-12-20(27)18(19)10-22(36-24(32)15-3-6-17(7-4-15)31(33)34)16-5-8-21(37-25(28)29)23(9-16)35-13-14-1-2-14/h3-9,11-12,14,22,25H,1-2,10,13H2/t22-/m0/s1. The molecule has 0 N–H and O–H groups in total. The Morgan fingerprint density at radius 2 is 1.76 bits per heavy atom. The largest absolute Gasteiger partial charge is 0.489 e. The van der Waals surface area contributed by atoms with E-state index in [-0.39, 0.29) is 39.2 Å². The number of halogens is 4. The third-order valence-corrected chi connectivity index (χ3v) is 6.28. The third kappa shape index (κ3) is 7.05. The Kier molecular flexibility index (Phi) is 8.40. The lowest BCUT2D eigenvalue weighted by Gasteiger charge is -2.21. The lowest BCUT2D eigenvalue weighted by molar-refractivity contribution is -0.384. The number of alkyl halides is 2. The summed E-state index contributed by atoms with van der Waals surface area (Å²) in [5, 5.41) is 11.4. The summed E-state index contributed by atoms with van der Waals surface area (Å²) in [5.41, 5.74) is 0.751. The van der Waals surface area contributed by atoms with Crippen LogP contribution < -0.4 is 9.47 Å². The predicted octanol–water partition coefficient (Wildman–Crippen LogP) is 6.83. The number of aromatic nitrogens is 1. The summed E-state index contributed by atoms with van der Waals surface area (Å²) in [6.07, 6.45) is 3.79. The monoisotopic (exact) mass is 552 g/mol. The van der Waals surface area contributed by atoms with Crippen LogP contribution in [0.2, 0.25) is 10.0 Å². The summed E-state index contributed by atoms with van der Waals surface area (Å²) < 4.78 is 42.0. The maximum atomic E-state index is 13.0. The first-order valence-corrected chi connectivity index (χ1v) is 11.9. The van der Waals surface area contributed by atoms with Crippen molar-refractivity contribution in [2.75, 3.05) is 6.61 Å². The van der Waals surface area contributed by atoms with Gasteiger partial charge in [-0.3, -0.25) is 15.1 Å². The van der Waals surface area contributed by atoms with Gasteiger partial charge in [0.15, 0.2) is 11.5 Å². The van der Waals surface area contributed by atoms with Crippen LogP contribution in [0, 0.1) is 16.0 Å². The van der Waals surface area contributed by atoms with Crippen LogP contribution in [-0.4, -0.2) is 29.1 Å². The molecule has 2 aromatic carbocycles. The molecule has 1 aromatic heterocycles. The molecular formula is C25H20Cl2F2N2O6. The van der Waals surface area contributed by atoms with E-state index < -0.39 is 23.6 Å². The van der Waals surface area contributed by atoms with E-state index in [1.165, 1.54) is 54.9 Å². The van der Waals surface area contributed by atoms with Gasteiger partial charge >= 0.3 is 12.6 Å². The molecule has 1 heterocycles. The van der Waals surface area contributed by atoms with Gasteiger partial charge < -0.3 is 14.2 Å². The summed E-state index contributed by atoms with van der Waals surface area (Å²) in [4.78, 5) is 27.2. The highest BCUT2D eigenvalue weighted by atomic mass is 35.5. The van der Waals surface area contributed by atoms with E-state index in [0.29, 0.717) is 23.7 Å². The molecule has 1 aliphatic carbocycles. The molecule has 1 aliphatic rings. The average Bonchev–Trinajstić information content (AvgIpc) is 3.69. The molecule has 0 aliphatic heterocycles. The number of nitro groups is 1. The van der Waals surface area contributed by atoms with Gasteiger partial charge in [-0.05, 0) is 54.2 Å². The number of rotatable bonds is 11. The molecule has 0 bridgehead atoms. The molecule has 0 unspecified atom stereocenters. The van der Waals surface area contributed by atoms with Crippen LogP contribution in [-0.2, 0) is 11.2 Å². The minimum Gasteiger partial charge on any atom is -0.489 e. The SMILES string of the molecule is O=C(O[C@@H](Cc1c(Cl)cncc1Cl)c1ccc(OC(F)F)c(OCC2CC2)c1)c1ccc([N+](=O)[O-])cc1. The molecule has 1 saturated carbocycles. The third-order valence-electron chi connectivity index (χ3n) is 5.63. The molecule has 0 spiro atoms. The molecule has 37 heavy (non-hydrogen) atoms. The molecule has 0 amide bonds. The van der Waals surface area contributed by atoms with Gasteiger partial charge in [0, 0.05) is 30.9 Å². The Labute approximate surface area is 220 Å². The van der Waals surface area contributed by atoms with Crippen LogP contribution >= 0.6 is 23.2 Å². The summed E-state index contributed by atoms with van der Waals surface area (Å²) in [6.45, 7) is -2.72. The Bertz CT molecular complexity index is 1270. The second-order valence-electron chi connectivity index (χ2n) is 8.32. The normalized spacial score (nSPS) is 13.8. The van der Waals surface area contributed by atoms with Crippen molar-refractivity contribution in [1.82, 2.24) is 4.98 Å². The van der Waals surface area contributed by atoms with Gasteiger partial charge in [-0.25, -0.2) is 4.79 Å². The van der Waals surface area contributed by atoms with E-state index in [0.717, 1.165) is 12.8 Å². The predicted molar refractivity (Wildman–Crippen MR) is 131 cm³/mol. The summed E-state index contributed by atoms with van der Waals surface area (Å²) in [6, 6.07) is 9.16. The number of benzene rings is 2. The first-order valence-electron chi connectivity index (χ1n) is 11.2. The van der Waals surface area contributed by atoms with E-state index in [4.69, 9.17) is 32.7 Å². The van der Waals surface area contributed by atoms with Crippen molar-refractivity contribution in [2.24, 2.45) is 5.92 Å². The molecule has 194 valence electrons. The molecule has 0 radical (unpaired) electrons. The summed E-state index contributed by atoms with van der Waals surface area (Å²) in [7, 11) is 0. The van der Waals surface area contributed by atoms with E-state index in [9.17, 15) is 23.7 Å². The fraction of sp³-hybridized carbons (Fsp3) is 0.280. The van der Waals surface area contributed by atoms with Crippen molar-refractivity contribution < 1.29 is 32.7 Å². The zero-order chi connectivity index (χ0) is 26.5. The quantitative estimate of drug-likeness (QED) is 0.146. The van der Waals surface area contributed by atoms with E-state index in [1.54, 1.807) is 0 Å². The Balaban J connectivity index is 1.67. The molecule has 0 saturated heterocycles. The summed E-state index contributed by atoms with van der Waals surface area (Å²) in [5.74, 6) is -0.504. The second-order valence-corrected chi connectivity index (χ2v) is 9.14. The van der Waals surface area contributed by atoms with Crippen LogP contribution in [0.5, 0.6) is 11.5 Å². The smallest absolute Gasteiger partial charge is 0.387 e. The van der Waals surface area contributed by atoms with E-state index in [2.05, 4.69) is 9.72 Å². The number of hydrogen-bond donors (Lipinski definition) is 0. The van der Waals surface area contributed by atoms with Crippen molar-refractivity contribution in [3.8, 4) is 11.5 Å². The average molecular weight is 553 g/mol. The van der Waals surface area contributed by atoms with Crippen molar-refractivity contribution >= 4 is 34.9 Å². The minimum atomic E-state index is -3.06. The van der Waals surface area contributed by atoms with Crippen molar-refractivity contribution in [3.63, 3.8) is 0 Å². The highest BCUT2D eigenvalue weighted by Gasteiger charge is 2.26. The fourth-order valence-electron chi connectivity index (χ4n) is 3.49. The Hall–Kier alpha value is -3.50. The van der Waals surface area contributed by atoms with Crippen LogP contribution in [0.4, 0.5) is 14.5 Å². The maximum absolute atomic E-state index is 13.0. The van der Waals surface area contributed by atoms with Crippen LogP contribution in [0.15, 0.2) is 54.9 Å². The summed E-state index contributed by atoms with van der Waals surface area (Å²) >= 11 is 12.6. The van der Waals surface area contributed by atoms with Crippen molar-refractivity contribution in [3.05, 3.63) is 91.7 Å². The van der Waals surface area contributed by atoms with Gasteiger partial charge in [0.05, 0.1) is 27.1 Å². The number of carbonyl (C=O) groups excluding carboxylic acids is 1. The minimum absolute atomic E-state index is 0.0238. The van der Waals surface area contributed by atoms with Gasteiger partial charge in [0.25, 0.3) is 5.69 Å². The van der Waals surface area contributed by atoms with Crippen LogP contribution in [0.25, 0.3) is 0 Å². The first kappa shape index (κ1) is 26.6. The molecule has 12 heteroatoms. The zero-order valence-electron chi connectivity index (χ0n) is 19.1. The number of nitro benzene ring substituents is 1. The Morgan fingerprint density at radius 1 is 1.08 bits per heavy atom. The second kappa shape index (κ2) is 11.7. The van der Waals surface area contributed by atoms with E-state index >= 15 is 0 Å². The number of hydrogen-bond acceptors (Lipinski definition) is 7. The van der Waals surface area contributed by atoms with Gasteiger partial charge in [0.1, 0.15) is 6.10 Å². The number of carbonyl (C=O) groups is 1. The number of non-ortho nitro benzene ring substituents is 1. The maximum Gasteiger partial charge on any atom is 0.387 e. The van der Waals surface area contributed by atoms with Crippen LogP contribution in [0.3, 0.4) is 0 Å². The van der Waals surface area contributed by atoms with Gasteiger partial charge in [0.2, 0.25) is 0 Å². The molecule has 1 atom stereocenters. The highest BCUT2D eigenvalue weighted by Crippen LogP contribution is 2.38. The number of ether oxygens (including phenoxy) is 3. The molecule has 3 aromatic rings. The topological polar surface area (TPSA) is 101 Å². The number of pyridine rings is 1. The molecular weight excluding hydrogens is 533 g/mol. The molecule has 4 rings (SSSR count). The fourth-order valence-corrected chi connectivity index (χ4v) is 4.00. The lowest BCUT2D eigenvalue weighted by atomic mass is 10.0. The Morgan fingerprint density at radius 3 is 2.35 bits per heavy atom. The van der Waals surface area contributed by atoms with Crippen molar-refractivity contribution in [2.45, 2.75) is 32.0 Å². The molecule has 1 fully saturated rings. The van der Waals surface area contributed by atoms with Gasteiger partial charge in [-0.2, -0.15) is 8.78 Å². The van der Waals surface area contributed by atoms with Gasteiger partial charge in [-0.1, -0.05) is 29.3 Å².